The van der Waals surface area contributed by atoms with Crippen LogP contribution in [-0.2, 0) is 10.0 Å². The molecule has 1 heterocycles. The molecule has 1 aromatic rings. The molecule has 0 amide bonds. The van der Waals surface area contributed by atoms with Crippen molar-refractivity contribution in [1.82, 2.24) is 4.31 Å². The Morgan fingerprint density at radius 1 is 1.21 bits per heavy atom. The maximum absolute atomic E-state index is 12.1. The number of rotatable bonds is 5. The first-order chi connectivity index (χ1) is 9.13. The third-order valence-corrected chi connectivity index (χ3v) is 5.39. The van der Waals surface area contributed by atoms with Crippen molar-refractivity contribution < 1.29 is 8.42 Å². The molecule has 0 N–H and O–H groups in total. The lowest BCUT2D eigenvalue weighted by atomic mass is 10.0. The second kappa shape index (κ2) is 6.35. The summed E-state index contributed by atoms with van der Waals surface area (Å²) in [5, 5.41) is 0. The van der Waals surface area contributed by atoms with E-state index in [1.807, 2.05) is 31.2 Å². The van der Waals surface area contributed by atoms with Gasteiger partial charge in [0.05, 0.1) is 5.75 Å². The quantitative estimate of drug-likeness (QED) is 0.831. The standard InChI is InChI=1S/C15H21NO2S/c1-2-3-13-19(17,18)16-11-9-15(10-12-16)14-7-5-4-6-8-14/h4-9H,2-3,10-13H2,1H3. The van der Waals surface area contributed by atoms with Crippen LogP contribution in [0.5, 0.6) is 0 Å². The summed E-state index contributed by atoms with van der Waals surface area (Å²) in [4.78, 5) is 0. The van der Waals surface area contributed by atoms with Crippen LogP contribution in [-0.4, -0.2) is 31.6 Å². The van der Waals surface area contributed by atoms with E-state index in [1.165, 1.54) is 11.1 Å². The monoisotopic (exact) mass is 279 g/mol. The Bertz CT molecular complexity index is 535. The van der Waals surface area contributed by atoms with Crippen molar-refractivity contribution in [3.63, 3.8) is 0 Å². The second-order valence-electron chi connectivity index (χ2n) is 4.87. The molecule has 0 bridgehead atoms. The molecule has 4 heteroatoms. The largest absolute Gasteiger partial charge is 0.214 e. The molecule has 1 aromatic carbocycles. The van der Waals surface area contributed by atoms with Crippen molar-refractivity contribution in [2.75, 3.05) is 18.8 Å². The predicted molar refractivity (Wildman–Crippen MR) is 79.3 cm³/mol. The molecule has 0 saturated carbocycles. The van der Waals surface area contributed by atoms with Gasteiger partial charge in [0.15, 0.2) is 0 Å². The van der Waals surface area contributed by atoms with E-state index < -0.39 is 10.0 Å². The van der Waals surface area contributed by atoms with Crippen molar-refractivity contribution in [3.05, 3.63) is 42.0 Å². The maximum Gasteiger partial charge on any atom is 0.214 e. The van der Waals surface area contributed by atoms with Crippen molar-refractivity contribution in [2.45, 2.75) is 26.2 Å². The highest BCUT2D eigenvalue weighted by Crippen LogP contribution is 2.23. The first-order valence-electron chi connectivity index (χ1n) is 6.86. The molecule has 1 aliphatic heterocycles. The fourth-order valence-corrected chi connectivity index (χ4v) is 3.86. The number of nitrogens with zero attached hydrogens (tertiary/aromatic N) is 1. The van der Waals surface area contributed by atoms with Gasteiger partial charge in [0.25, 0.3) is 0 Å². The third-order valence-electron chi connectivity index (χ3n) is 3.47. The summed E-state index contributed by atoms with van der Waals surface area (Å²) in [5.41, 5.74) is 2.45. The van der Waals surface area contributed by atoms with E-state index >= 15 is 0 Å². The number of unbranched alkanes of at least 4 members (excludes halogenated alkanes) is 1. The topological polar surface area (TPSA) is 37.4 Å². The molecule has 3 nitrogen and oxygen atoms in total. The summed E-state index contributed by atoms with van der Waals surface area (Å²) in [6, 6.07) is 10.2. The zero-order valence-electron chi connectivity index (χ0n) is 11.4. The van der Waals surface area contributed by atoms with Crippen molar-refractivity contribution >= 4 is 15.6 Å². The summed E-state index contributed by atoms with van der Waals surface area (Å²) in [5.74, 6) is 0.276. The van der Waals surface area contributed by atoms with E-state index in [-0.39, 0.29) is 5.75 Å². The van der Waals surface area contributed by atoms with E-state index in [2.05, 4.69) is 12.1 Å². The van der Waals surface area contributed by atoms with Crippen LogP contribution in [0.15, 0.2) is 36.4 Å². The van der Waals surface area contributed by atoms with Crippen LogP contribution in [0.2, 0.25) is 0 Å². The van der Waals surface area contributed by atoms with Crippen LogP contribution in [0.4, 0.5) is 0 Å². The molecular formula is C15H21NO2S. The van der Waals surface area contributed by atoms with Gasteiger partial charge < -0.3 is 0 Å². The molecule has 0 unspecified atom stereocenters. The van der Waals surface area contributed by atoms with E-state index in [0.717, 1.165) is 19.3 Å². The van der Waals surface area contributed by atoms with Crippen LogP contribution >= 0.6 is 0 Å². The smallest absolute Gasteiger partial charge is 0.212 e. The Kier molecular flexibility index (Phi) is 4.77. The lowest BCUT2D eigenvalue weighted by Gasteiger charge is -2.26. The normalized spacial score (nSPS) is 17.2. The Morgan fingerprint density at radius 2 is 1.95 bits per heavy atom. The molecule has 0 aliphatic carbocycles. The highest BCUT2D eigenvalue weighted by atomic mass is 32.2. The van der Waals surface area contributed by atoms with Gasteiger partial charge in [0.2, 0.25) is 10.0 Å². The molecule has 104 valence electrons. The van der Waals surface area contributed by atoms with Crippen LogP contribution in [0.3, 0.4) is 0 Å². The molecule has 1 aliphatic rings. The average Bonchev–Trinajstić information content (AvgIpc) is 2.46. The van der Waals surface area contributed by atoms with Gasteiger partial charge in [-0.2, -0.15) is 4.31 Å². The van der Waals surface area contributed by atoms with E-state index in [9.17, 15) is 8.42 Å². The Morgan fingerprint density at radius 3 is 2.53 bits per heavy atom. The lowest BCUT2D eigenvalue weighted by molar-refractivity contribution is 0.440. The second-order valence-corrected chi connectivity index (χ2v) is 6.96. The third kappa shape index (κ3) is 3.67. The van der Waals surface area contributed by atoms with Crippen LogP contribution in [0, 0.1) is 0 Å². The Balaban J connectivity index is 2.04. The molecule has 2 rings (SSSR count). The van der Waals surface area contributed by atoms with Gasteiger partial charge >= 0.3 is 0 Å². The average molecular weight is 279 g/mol. The zero-order valence-corrected chi connectivity index (χ0v) is 12.2. The van der Waals surface area contributed by atoms with Gasteiger partial charge in [-0.3, -0.25) is 0 Å². The number of hydrogen-bond donors (Lipinski definition) is 0. The fraction of sp³-hybridized carbons (Fsp3) is 0.467. The van der Waals surface area contributed by atoms with Crippen molar-refractivity contribution in [1.29, 1.82) is 0 Å². The minimum Gasteiger partial charge on any atom is -0.212 e. The van der Waals surface area contributed by atoms with Gasteiger partial charge in [0, 0.05) is 13.1 Å². The summed E-state index contributed by atoms with van der Waals surface area (Å²) in [7, 11) is -3.06. The van der Waals surface area contributed by atoms with Gasteiger partial charge in [-0.25, -0.2) is 8.42 Å². The van der Waals surface area contributed by atoms with Gasteiger partial charge in [0.1, 0.15) is 0 Å². The van der Waals surface area contributed by atoms with Gasteiger partial charge in [-0.05, 0) is 24.0 Å². The highest BCUT2D eigenvalue weighted by Gasteiger charge is 2.23. The predicted octanol–water partition coefficient (Wildman–Crippen LogP) is 2.91. The zero-order chi connectivity index (χ0) is 13.7. The molecule has 0 saturated heterocycles. The number of benzene rings is 1. The number of hydrogen-bond acceptors (Lipinski definition) is 2. The summed E-state index contributed by atoms with van der Waals surface area (Å²) >= 11 is 0. The van der Waals surface area contributed by atoms with Gasteiger partial charge in [-0.1, -0.05) is 49.8 Å². The molecule has 0 atom stereocenters. The molecule has 0 spiro atoms. The van der Waals surface area contributed by atoms with E-state index in [1.54, 1.807) is 4.31 Å². The minimum atomic E-state index is -3.06. The molecule has 0 fully saturated rings. The summed E-state index contributed by atoms with van der Waals surface area (Å²) < 4.78 is 25.8. The SMILES string of the molecule is CCCCS(=O)(=O)N1CC=C(c2ccccc2)CC1. The molecule has 19 heavy (non-hydrogen) atoms. The molecule has 0 aromatic heterocycles. The van der Waals surface area contributed by atoms with Crippen molar-refractivity contribution in [3.8, 4) is 0 Å². The first-order valence-corrected chi connectivity index (χ1v) is 8.46. The van der Waals surface area contributed by atoms with Crippen molar-refractivity contribution in [2.24, 2.45) is 0 Å². The molecular weight excluding hydrogens is 258 g/mol. The fourth-order valence-electron chi connectivity index (χ4n) is 2.27. The Hall–Kier alpha value is -1.13. The van der Waals surface area contributed by atoms with Crippen LogP contribution in [0.25, 0.3) is 5.57 Å². The van der Waals surface area contributed by atoms with E-state index in [0.29, 0.717) is 13.1 Å². The summed E-state index contributed by atoms with van der Waals surface area (Å²) in [6.45, 7) is 3.13. The highest BCUT2D eigenvalue weighted by molar-refractivity contribution is 7.89. The number of sulfonamides is 1. The maximum atomic E-state index is 12.1. The Labute approximate surface area is 116 Å². The lowest BCUT2D eigenvalue weighted by Crippen LogP contribution is -2.36. The minimum absolute atomic E-state index is 0.276. The van der Waals surface area contributed by atoms with Gasteiger partial charge in [-0.15, -0.1) is 0 Å². The first kappa shape index (κ1) is 14.3. The van der Waals surface area contributed by atoms with Crippen LogP contribution < -0.4 is 0 Å². The summed E-state index contributed by atoms with van der Waals surface area (Å²) in [6.07, 6.45) is 4.50. The molecule has 0 radical (unpaired) electrons. The van der Waals surface area contributed by atoms with Crippen LogP contribution in [0.1, 0.15) is 31.7 Å². The van der Waals surface area contributed by atoms with E-state index in [4.69, 9.17) is 0 Å².